The highest BCUT2D eigenvalue weighted by Gasteiger charge is 2.06. The first kappa shape index (κ1) is 9.83. The van der Waals surface area contributed by atoms with Gasteiger partial charge in [-0.3, -0.25) is 0 Å². The normalized spacial score (nSPS) is 11.0. The molecule has 2 aromatic rings. The van der Waals surface area contributed by atoms with Gasteiger partial charge in [0.15, 0.2) is 0 Å². The first-order valence-electron chi connectivity index (χ1n) is 4.15. The zero-order valence-corrected chi connectivity index (χ0v) is 9.28. The molecule has 4 heteroatoms. The number of fused-ring (bicyclic) bond motifs is 1. The monoisotopic (exact) mass is 226 g/mol. The highest BCUT2D eigenvalue weighted by Crippen LogP contribution is 2.35. The molecular formula is C10H10O2S2. The van der Waals surface area contributed by atoms with Crippen LogP contribution in [0.15, 0.2) is 23.1 Å². The Labute approximate surface area is 90.2 Å². The van der Waals surface area contributed by atoms with E-state index in [0.29, 0.717) is 5.75 Å². The van der Waals surface area contributed by atoms with Gasteiger partial charge in [0.1, 0.15) is 5.75 Å². The predicted molar refractivity (Wildman–Crippen MR) is 61.2 cm³/mol. The van der Waals surface area contributed by atoms with Gasteiger partial charge in [-0.15, -0.1) is 23.1 Å². The van der Waals surface area contributed by atoms with Crippen LogP contribution in [0.25, 0.3) is 10.1 Å². The van der Waals surface area contributed by atoms with Crippen LogP contribution in [0, 0.1) is 0 Å². The standard InChI is InChI=1S/C10H10O2S2/c1-13-6-3-9(12)8-2-7(5-11)14-10(8)4-6/h2-4,11-12H,5H2,1H3. The van der Waals surface area contributed by atoms with Gasteiger partial charge in [0.05, 0.1) is 6.61 Å². The molecule has 0 atom stereocenters. The number of phenols is 1. The first-order valence-corrected chi connectivity index (χ1v) is 6.19. The zero-order valence-electron chi connectivity index (χ0n) is 7.65. The molecule has 2 nitrogen and oxygen atoms in total. The van der Waals surface area contributed by atoms with Gasteiger partial charge in [0, 0.05) is 19.9 Å². The van der Waals surface area contributed by atoms with Gasteiger partial charge in [0.25, 0.3) is 0 Å². The third kappa shape index (κ3) is 1.61. The SMILES string of the molecule is CSc1cc(O)c2cc(CO)sc2c1. The molecule has 0 amide bonds. The van der Waals surface area contributed by atoms with Crippen molar-refractivity contribution in [1.29, 1.82) is 0 Å². The summed E-state index contributed by atoms with van der Waals surface area (Å²) in [6, 6.07) is 5.61. The van der Waals surface area contributed by atoms with Crippen LogP contribution in [0.5, 0.6) is 5.75 Å². The minimum atomic E-state index is 0.0351. The molecule has 74 valence electrons. The van der Waals surface area contributed by atoms with Crippen molar-refractivity contribution in [2.75, 3.05) is 6.26 Å². The number of hydrogen-bond acceptors (Lipinski definition) is 4. The second-order valence-electron chi connectivity index (χ2n) is 2.93. The summed E-state index contributed by atoms with van der Waals surface area (Å²) >= 11 is 3.12. The molecule has 1 aromatic heterocycles. The fraction of sp³-hybridized carbons (Fsp3) is 0.200. The maximum absolute atomic E-state index is 9.70. The number of hydrogen-bond donors (Lipinski definition) is 2. The van der Waals surface area contributed by atoms with E-state index in [1.807, 2.05) is 18.4 Å². The molecule has 1 aromatic carbocycles. The number of aliphatic hydroxyl groups excluding tert-OH is 1. The maximum Gasteiger partial charge on any atom is 0.125 e. The largest absolute Gasteiger partial charge is 0.507 e. The Morgan fingerprint density at radius 2 is 2.14 bits per heavy atom. The van der Waals surface area contributed by atoms with Gasteiger partial charge in [-0.1, -0.05) is 0 Å². The number of benzene rings is 1. The van der Waals surface area contributed by atoms with E-state index in [9.17, 15) is 5.11 Å². The molecule has 0 aliphatic rings. The molecule has 14 heavy (non-hydrogen) atoms. The van der Waals surface area contributed by atoms with E-state index in [-0.39, 0.29) is 6.61 Å². The molecule has 0 saturated carbocycles. The van der Waals surface area contributed by atoms with Gasteiger partial charge in [-0.2, -0.15) is 0 Å². The average molecular weight is 226 g/mol. The summed E-state index contributed by atoms with van der Waals surface area (Å²) in [5.74, 6) is 0.294. The summed E-state index contributed by atoms with van der Waals surface area (Å²) in [5, 5.41) is 19.5. The summed E-state index contributed by atoms with van der Waals surface area (Å²) in [6.45, 7) is 0.0351. The Hall–Kier alpha value is -0.710. The number of thioether (sulfide) groups is 1. The van der Waals surface area contributed by atoms with Crippen LogP contribution < -0.4 is 0 Å². The lowest BCUT2D eigenvalue weighted by atomic mass is 10.2. The molecule has 2 N–H and O–H groups in total. The topological polar surface area (TPSA) is 40.5 Å². The molecule has 0 fully saturated rings. The average Bonchev–Trinajstić information content (AvgIpc) is 2.61. The fourth-order valence-corrected chi connectivity index (χ4v) is 2.87. The molecule has 0 radical (unpaired) electrons. The zero-order chi connectivity index (χ0) is 10.1. The van der Waals surface area contributed by atoms with E-state index in [1.165, 1.54) is 11.3 Å². The van der Waals surface area contributed by atoms with Crippen molar-refractivity contribution >= 4 is 33.2 Å². The van der Waals surface area contributed by atoms with Crippen LogP contribution in [-0.4, -0.2) is 16.5 Å². The Balaban J connectivity index is 2.67. The van der Waals surface area contributed by atoms with Crippen LogP contribution in [0.1, 0.15) is 4.88 Å². The summed E-state index contributed by atoms with van der Waals surface area (Å²) in [5.41, 5.74) is 0. The molecule has 0 aliphatic carbocycles. The number of phenolic OH excluding ortho intramolecular Hbond substituents is 1. The molecular weight excluding hydrogens is 216 g/mol. The molecule has 0 bridgehead atoms. The van der Waals surface area contributed by atoms with E-state index in [0.717, 1.165) is 19.9 Å². The van der Waals surface area contributed by atoms with Gasteiger partial charge >= 0.3 is 0 Å². The minimum absolute atomic E-state index is 0.0351. The molecule has 0 spiro atoms. The van der Waals surface area contributed by atoms with Crippen molar-refractivity contribution in [1.82, 2.24) is 0 Å². The molecule has 0 aliphatic heterocycles. The number of aliphatic hydroxyl groups is 1. The summed E-state index contributed by atoms with van der Waals surface area (Å²) in [6.07, 6.45) is 1.97. The van der Waals surface area contributed by atoms with Crippen molar-refractivity contribution in [3.8, 4) is 5.75 Å². The fourth-order valence-electron chi connectivity index (χ4n) is 1.34. The van der Waals surface area contributed by atoms with E-state index in [1.54, 1.807) is 17.8 Å². The lowest BCUT2D eigenvalue weighted by molar-refractivity contribution is 0.285. The summed E-state index contributed by atoms with van der Waals surface area (Å²) in [7, 11) is 0. The lowest BCUT2D eigenvalue weighted by Crippen LogP contribution is -1.71. The van der Waals surface area contributed by atoms with E-state index in [4.69, 9.17) is 5.11 Å². The van der Waals surface area contributed by atoms with Crippen LogP contribution in [-0.2, 0) is 6.61 Å². The lowest BCUT2D eigenvalue weighted by Gasteiger charge is -1.98. The van der Waals surface area contributed by atoms with Crippen molar-refractivity contribution in [3.63, 3.8) is 0 Å². The first-order chi connectivity index (χ1) is 6.74. The third-order valence-electron chi connectivity index (χ3n) is 2.03. The second-order valence-corrected chi connectivity index (χ2v) is 4.98. The number of thiophene rings is 1. The van der Waals surface area contributed by atoms with Gasteiger partial charge in [-0.25, -0.2) is 0 Å². The van der Waals surface area contributed by atoms with Crippen LogP contribution in [0.3, 0.4) is 0 Å². The number of aromatic hydroxyl groups is 1. The molecule has 0 saturated heterocycles. The maximum atomic E-state index is 9.70. The third-order valence-corrected chi connectivity index (χ3v) is 3.81. The molecule has 0 unspecified atom stereocenters. The van der Waals surface area contributed by atoms with E-state index >= 15 is 0 Å². The van der Waals surface area contributed by atoms with Crippen molar-refractivity contribution in [3.05, 3.63) is 23.1 Å². The highest BCUT2D eigenvalue weighted by molar-refractivity contribution is 7.98. The quantitative estimate of drug-likeness (QED) is 0.774. The van der Waals surface area contributed by atoms with Crippen LogP contribution >= 0.6 is 23.1 Å². The van der Waals surface area contributed by atoms with Crippen LogP contribution in [0.4, 0.5) is 0 Å². The Morgan fingerprint density at radius 3 is 2.79 bits per heavy atom. The molecule has 1 heterocycles. The Bertz CT molecular complexity index is 462. The predicted octanol–water partition coefficient (Wildman–Crippen LogP) is 2.82. The Kier molecular flexibility index (Phi) is 2.67. The molecule has 2 rings (SSSR count). The van der Waals surface area contributed by atoms with Crippen molar-refractivity contribution < 1.29 is 10.2 Å². The minimum Gasteiger partial charge on any atom is -0.507 e. The van der Waals surface area contributed by atoms with Crippen LogP contribution in [0.2, 0.25) is 0 Å². The van der Waals surface area contributed by atoms with E-state index in [2.05, 4.69) is 0 Å². The summed E-state index contributed by atoms with van der Waals surface area (Å²) < 4.78 is 1.03. The Morgan fingerprint density at radius 1 is 1.36 bits per heavy atom. The number of rotatable bonds is 2. The van der Waals surface area contributed by atoms with Gasteiger partial charge < -0.3 is 10.2 Å². The smallest absolute Gasteiger partial charge is 0.125 e. The van der Waals surface area contributed by atoms with E-state index < -0.39 is 0 Å². The van der Waals surface area contributed by atoms with Gasteiger partial charge in [-0.05, 0) is 24.5 Å². The van der Waals surface area contributed by atoms with Crippen molar-refractivity contribution in [2.45, 2.75) is 11.5 Å². The van der Waals surface area contributed by atoms with Gasteiger partial charge in [0.2, 0.25) is 0 Å². The summed E-state index contributed by atoms with van der Waals surface area (Å²) in [4.78, 5) is 1.93. The second kappa shape index (κ2) is 3.81. The van der Waals surface area contributed by atoms with Crippen molar-refractivity contribution in [2.24, 2.45) is 0 Å². The highest BCUT2D eigenvalue weighted by atomic mass is 32.2.